The predicted octanol–water partition coefficient (Wildman–Crippen LogP) is 1.14. The van der Waals surface area contributed by atoms with Crippen molar-refractivity contribution >= 4 is 17.2 Å². The maximum Gasteiger partial charge on any atom is 0.263 e. The maximum atomic E-state index is 12.0. The number of H-pyrrole nitrogens is 1. The molecule has 0 saturated carbocycles. The van der Waals surface area contributed by atoms with Crippen LogP contribution in [0.2, 0.25) is 0 Å². The number of amides is 1. The van der Waals surface area contributed by atoms with E-state index in [2.05, 4.69) is 27.1 Å². The van der Waals surface area contributed by atoms with Crippen LogP contribution in [0.3, 0.4) is 0 Å². The molecule has 0 fully saturated rings. The van der Waals surface area contributed by atoms with Gasteiger partial charge in [-0.15, -0.1) is 11.3 Å². The van der Waals surface area contributed by atoms with Gasteiger partial charge in [-0.2, -0.15) is 0 Å². The lowest BCUT2D eigenvalue weighted by atomic mass is 10.2. The fraction of sp³-hybridized carbons (Fsp3) is 0.231. The Labute approximate surface area is 114 Å². The normalized spacial score (nSPS) is 9.74. The molecule has 2 heterocycles. The first-order valence-corrected chi connectivity index (χ1v) is 6.63. The highest BCUT2D eigenvalue weighted by atomic mass is 32.1. The van der Waals surface area contributed by atoms with Gasteiger partial charge in [0, 0.05) is 24.4 Å². The van der Waals surface area contributed by atoms with E-state index in [0.717, 1.165) is 0 Å². The standard InChI is InChI=1S/C13H13N3O2S/c17-7-2-1-3-10-4-8-19-12(10)13(18)16-9-11-14-5-6-15-11/h4-6,8,17H,2,7,9H2,(H,14,15)(H,16,18). The van der Waals surface area contributed by atoms with Crippen LogP contribution in [-0.2, 0) is 6.54 Å². The lowest BCUT2D eigenvalue weighted by Crippen LogP contribution is -2.23. The van der Waals surface area contributed by atoms with Crippen LogP contribution in [0.5, 0.6) is 0 Å². The molecule has 0 saturated heterocycles. The fourth-order valence-electron chi connectivity index (χ4n) is 1.44. The van der Waals surface area contributed by atoms with Crippen molar-refractivity contribution in [1.82, 2.24) is 15.3 Å². The molecule has 0 aliphatic carbocycles. The van der Waals surface area contributed by atoms with Crippen LogP contribution in [-0.4, -0.2) is 27.6 Å². The molecule has 0 aromatic carbocycles. The number of carbonyl (C=O) groups is 1. The number of thiophene rings is 1. The molecule has 0 aliphatic rings. The zero-order valence-corrected chi connectivity index (χ0v) is 11.0. The Balaban J connectivity index is 1.99. The predicted molar refractivity (Wildman–Crippen MR) is 72.7 cm³/mol. The molecular weight excluding hydrogens is 262 g/mol. The van der Waals surface area contributed by atoms with Crippen molar-refractivity contribution in [2.75, 3.05) is 6.61 Å². The van der Waals surface area contributed by atoms with E-state index in [1.54, 1.807) is 18.5 Å². The monoisotopic (exact) mass is 275 g/mol. The third-order valence-electron chi connectivity index (χ3n) is 2.30. The van der Waals surface area contributed by atoms with Crippen molar-refractivity contribution in [2.24, 2.45) is 0 Å². The molecule has 0 unspecified atom stereocenters. The van der Waals surface area contributed by atoms with E-state index >= 15 is 0 Å². The largest absolute Gasteiger partial charge is 0.395 e. The second kappa shape index (κ2) is 6.73. The maximum absolute atomic E-state index is 12.0. The number of aliphatic hydroxyl groups excluding tert-OH is 1. The number of nitrogens with zero attached hydrogens (tertiary/aromatic N) is 1. The third-order valence-corrected chi connectivity index (χ3v) is 3.22. The summed E-state index contributed by atoms with van der Waals surface area (Å²) in [5, 5.41) is 13.3. The van der Waals surface area contributed by atoms with Crippen LogP contribution in [0.1, 0.15) is 27.5 Å². The second-order valence-electron chi connectivity index (χ2n) is 3.66. The summed E-state index contributed by atoms with van der Waals surface area (Å²) in [5.41, 5.74) is 0.690. The summed E-state index contributed by atoms with van der Waals surface area (Å²) in [4.78, 5) is 19.5. The highest BCUT2D eigenvalue weighted by molar-refractivity contribution is 7.12. The van der Waals surface area contributed by atoms with Gasteiger partial charge < -0.3 is 15.4 Å². The highest BCUT2D eigenvalue weighted by Gasteiger charge is 2.11. The summed E-state index contributed by atoms with van der Waals surface area (Å²) in [7, 11) is 0. The zero-order valence-electron chi connectivity index (χ0n) is 10.1. The Kier molecular flexibility index (Phi) is 4.72. The number of imidazole rings is 1. The second-order valence-corrected chi connectivity index (χ2v) is 4.57. The molecule has 1 amide bonds. The number of nitrogens with one attached hydrogen (secondary N) is 2. The number of carbonyl (C=O) groups excluding carboxylic acids is 1. The van der Waals surface area contributed by atoms with Gasteiger partial charge in [-0.1, -0.05) is 11.8 Å². The minimum Gasteiger partial charge on any atom is -0.395 e. The lowest BCUT2D eigenvalue weighted by Gasteiger charge is -2.01. The van der Waals surface area contributed by atoms with E-state index in [1.807, 2.05) is 5.38 Å². The quantitative estimate of drug-likeness (QED) is 0.732. The molecule has 19 heavy (non-hydrogen) atoms. The summed E-state index contributed by atoms with van der Waals surface area (Å²) >= 11 is 1.35. The van der Waals surface area contributed by atoms with Gasteiger partial charge in [0.2, 0.25) is 0 Å². The number of hydrogen-bond donors (Lipinski definition) is 3. The van der Waals surface area contributed by atoms with Crippen LogP contribution < -0.4 is 5.32 Å². The smallest absolute Gasteiger partial charge is 0.263 e. The number of aliphatic hydroxyl groups is 1. The Morgan fingerprint density at radius 1 is 1.58 bits per heavy atom. The minimum atomic E-state index is -0.167. The van der Waals surface area contributed by atoms with Crippen molar-refractivity contribution in [3.05, 3.63) is 40.1 Å². The van der Waals surface area contributed by atoms with Gasteiger partial charge in [-0.05, 0) is 11.4 Å². The number of aromatic amines is 1. The number of aromatic nitrogens is 2. The van der Waals surface area contributed by atoms with Crippen LogP contribution in [0.4, 0.5) is 0 Å². The number of rotatable bonds is 4. The van der Waals surface area contributed by atoms with E-state index in [1.165, 1.54) is 11.3 Å². The van der Waals surface area contributed by atoms with Gasteiger partial charge in [0.25, 0.3) is 5.91 Å². The van der Waals surface area contributed by atoms with E-state index in [-0.39, 0.29) is 12.5 Å². The Morgan fingerprint density at radius 2 is 2.47 bits per heavy atom. The first kappa shape index (κ1) is 13.3. The molecule has 6 heteroatoms. The average molecular weight is 275 g/mol. The van der Waals surface area contributed by atoms with Crippen LogP contribution in [0, 0.1) is 11.8 Å². The van der Waals surface area contributed by atoms with Crippen molar-refractivity contribution in [3.63, 3.8) is 0 Å². The fourth-order valence-corrected chi connectivity index (χ4v) is 2.20. The Morgan fingerprint density at radius 3 is 3.21 bits per heavy atom. The molecule has 2 aromatic rings. The van der Waals surface area contributed by atoms with Gasteiger partial charge in [-0.3, -0.25) is 4.79 Å². The van der Waals surface area contributed by atoms with Crippen molar-refractivity contribution in [1.29, 1.82) is 0 Å². The molecule has 3 N–H and O–H groups in total. The molecule has 5 nitrogen and oxygen atoms in total. The van der Waals surface area contributed by atoms with E-state index < -0.39 is 0 Å². The van der Waals surface area contributed by atoms with Gasteiger partial charge in [0.1, 0.15) is 10.7 Å². The summed E-state index contributed by atoms with van der Waals surface area (Å²) in [5.74, 6) is 6.23. The van der Waals surface area contributed by atoms with Gasteiger partial charge in [-0.25, -0.2) is 4.98 Å². The molecule has 0 radical (unpaired) electrons. The molecule has 0 bridgehead atoms. The van der Waals surface area contributed by atoms with Crippen molar-refractivity contribution in [3.8, 4) is 11.8 Å². The molecular formula is C13H13N3O2S. The molecule has 98 valence electrons. The van der Waals surface area contributed by atoms with Crippen molar-refractivity contribution < 1.29 is 9.90 Å². The topological polar surface area (TPSA) is 78.0 Å². The molecule has 2 rings (SSSR count). The first-order chi connectivity index (χ1) is 9.31. The first-order valence-electron chi connectivity index (χ1n) is 5.75. The molecule has 0 aliphatic heterocycles. The zero-order chi connectivity index (χ0) is 13.5. The van der Waals surface area contributed by atoms with Crippen LogP contribution in [0.15, 0.2) is 23.8 Å². The SMILES string of the molecule is O=C(NCc1ncc[nH]1)c1sccc1C#CCCO. The summed E-state index contributed by atoms with van der Waals surface area (Å²) in [6.45, 7) is 0.379. The van der Waals surface area contributed by atoms with Gasteiger partial charge >= 0.3 is 0 Å². The van der Waals surface area contributed by atoms with Gasteiger partial charge in [0.05, 0.1) is 13.2 Å². The molecule has 0 spiro atoms. The Hall–Kier alpha value is -2.10. The average Bonchev–Trinajstić information content (AvgIpc) is 3.07. The van der Waals surface area contributed by atoms with E-state index in [0.29, 0.717) is 29.2 Å². The van der Waals surface area contributed by atoms with Crippen LogP contribution in [0.25, 0.3) is 0 Å². The summed E-state index contributed by atoms with van der Waals surface area (Å²) in [6.07, 6.45) is 3.75. The molecule has 2 aromatic heterocycles. The van der Waals surface area contributed by atoms with E-state index in [4.69, 9.17) is 5.11 Å². The van der Waals surface area contributed by atoms with Crippen molar-refractivity contribution in [2.45, 2.75) is 13.0 Å². The third kappa shape index (κ3) is 3.68. The van der Waals surface area contributed by atoms with Crippen LogP contribution >= 0.6 is 11.3 Å². The summed E-state index contributed by atoms with van der Waals surface area (Å²) < 4.78 is 0. The summed E-state index contributed by atoms with van der Waals surface area (Å²) in [6, 6.07) is 1.80. The molecule has 0 atom stereocenters. The highest BCUT2D eigenvalue weighted by Crippen LogP contribution is 2.15. The lowest BCUT2D eigenvalue weighted by molar-refractivity contribution is 0.0954. The Bertz CT molecular complexity index is 593. The number of hydrogen-bond acceptors (Lipinski definition) is 4. The van der Waals surface area contributed by atoms with Gasteiger partial charge in [0.15, 0.2) is 0 Å². The van der Waals surface area contributed by atoms with E-state index in [9.17, 15) is 4.79 Å². The minimum absolute atomic E-state index is 0.0250.